The van der Waals surface area contributed by atoms with Crippen molar-refractivity contribution >= 4 is 21.0 Å². The molecule has 1 aliphatic rings. The molecular formula is C22H16F6N4O4S. The van der Waals surface area contributed by atoms with Gasteiger partial charge in [-0.2, -0.15) is 0 Å². The third kappa shape index (κ3) is 4.11. The highest BCUT2D eigenvalue weighted by Crippen LogP contribution is 2.38. The highest BCUT2D eigenvalue weighted by molar-refractivity contribution is 7.89. The summed E-state index contributed by atoms with van der Waals surface area (Å²) in [4.78, 5) is 13.2. The van der Waals surface area contributed by atoms with Crippen LogP contribution < -0.4 is 10.4 Å². The van der Waals surface area contributed by atoms with Gasteiger partial charge in [-0.05, 0) is 19.1 Å². The molecule has 2 aromatic heterocycles. The summed E-state index contributed by atoms with van der Waals surface area (Å²) in [5.74, 6) is -9.77. The zero-order chi connectivity index (χ0) is 26.9. The van der Waals surface area contributed by atoms with E-state index in [1.807, 2.05) is 4.72 Å². The Morgan fingerprint density at radius 2 is 1.78 bits per heavy atom. The molecule has 1 N–H and O–H groups in total. The molecule has 0 radical (unpaired) electrons. The molecule has 0 aliphatic carbocycles. The number of hydrogen-bond donors (Lipinski definition) is 1. The Labute approximate surface area is 204 Å². The molecule has 37 heavy (non-hydrogen) atoms. The summed E-state index contributed by atoms with van der Waals surface area (Å²) in [6, 6.07) is 0.657. The lowest BCUT2D eigenvalue weighted by atomic mass is 9.99. The highest BCUT2D eigenvalue weighted by Gasteiger charge is 2.47. The lowest BCUT2D eigenvalue weighted by Gasteiger charge is -2.32. The molecule has 4 aromatic rings. The van der Waals surface area contributed by atoms with Crippen molar-refractivity contribution in [3.05, 3.63) is 69.9 Å². The van der Waals surface area contributed by atoms with E-state index in [4.69, 9.17) is 4.52 Å². The van der Waals surface area contributed by atoms with Gasteiger partial charge >= 0.3 is 5.69 Å². The van der Waals surface area contributed by atoms with Gasteiger partial charge in [-0.1, -0.05) is 5.16 Å². The minimum absolute atomic E-state index is 0.199. The number of halogens is 6. The normalized spacial score (nSPS) is 17.3. The summed E-state index contributed by atoms with van der Waals surface area (Å²) < 4.78 is 120. The van der Waals surface area contributed by atoms with E-state index in [9.17, 15) is 39.6 Å². The lowest BCUT2D eigenvalue weighted by Crippen LogP contribution is -2.55. The third-order valence-corrected chi connectivity index (χ3v) is 7.51. The van der Waals surface area contributed by atoms with E-state index in [-0.39, 0.29) is 16.7 Å². The maximum atomic E-state index is 15.0. The molecule has 196 valence electrons. The van der Waals surface area contributed by atoms with Crippen LogP contribution in [0.2, 0.25) is 0 Å². The largest absolute Gasteiger partial charge is 0.354 e. The van der Waals surface area contributed by atoms with Crippen LogP contribution in [-0.2, 0) is 23.0 Å². The van der Waals surface area contributed by atoms with Gasteiger partial charge in [0.1, 0.15) is 29.3 Å². The molecule has 0 saturated carbocycles. The van der Waals surface area contributed by atoms with Crippen molar-refractivity contribution in [3.8, 4) is 16.9 Å². The maximum absolute atomic E-state index is 15.0. The standard InChI is InChI=1S/C22H16F6N4O4S/c1-2-37(34,35)30-16-9-31-11(7-22(16,27)28)8-32(21(31)33)20-19-15(36-29-20)4-3-12(24)18(19)17-13(25)5-10(23)6-14(17)26/h3-6,8,16,30H,2,7,9H2,1H3. The number of alkyl halides is 2. The van der Waals surface area contributed by atoms with Crippen molar-refractivity contribution < 1.29 is 39.3 Å². The van der Waals surface area contributed by atoms with Gasteiger partial charge in [0.15, 0.2) is 11.4 Å². The molecule has 15 heteroatoms. The van der Waals surface area contributed by atoms with Gasteiger partial charge in [-0.15, -0.1) is 0 Å². The van der Waals surface area contributed by atoms with Crippen molar-refractivity contribution in [2.45, 2.75) is 31.9 Å². The molecule has 1 atom stereocenters. The number of hydrogen-bond acceptors (Lipinski definition) is 5. The minimum atomic E-state index is -4.04. The smallest absolute Gasteiger partial charge is 0.334 e. The molecular weight excluding hydrogens is 530 g/mol. The van der Waals surface area contributed by atoms with Crippen molar-refractivity contribution in [3.63, 3.8) is 0 Å². The number of fused-ring (bicyclic) bond motifs is 2. The minimum Gasteiger partial charge on any atom is -0.354 e. The van der Waals surface area contributed by atoms with E-state index in [0.717, 1.165) is 27.5 Å². The highest BCUT2D eigenvalue weighted by atomic mass is 32.2. The summed E-state index contributed by atoms with van der Waals surface area (Å²) in [7, 11) is -4.04. The summed E-state index contributed by atoms with van der Waals surface area (Å²) in [6.07, 6.45) is -0.0471. The first-order valence-electron chi connectivity index (χ1n) is 10.7. The van der Waals surface area contributed by atoms with Crippen LogP contribution in [0.4, 0.5) is 26.3 Å². The van der Waals surface area contributed by atoms with E-state index in [0.29, 0.717) is 12.1 Å². The Morgan fingerprint density at radius 1 is 1.11 bits per heavy atom. The van der Waals surface area contributed by atoms with Gasteiger partial charge in [0.05, 0.1) is 23.1 Å². The first-order chi connectivity index (χ1) is 17.3. The Hall–Kier alpha value is -3.59. The van der Waals surface area contributed by atoms with Gasteiger partial charge in [0.25, 0.3) is 5.92 Å². The molecule has 5 rings (SSSR count). The van der Waals surface area contributed by atoms with Crippen molar-refractivity contribution in [2.75, 3.05) is 5.75 Å². The Morgan fingerprint density at radius 3 is 2.43 bits per heavy atom. The summed E-state index contributed by atoms with van der Waals surface area (Å²) >= 11 is 0. The molecule has 0 spiro atoms. The number of nitrogens with zero attached hydrogens (tertiary/aromatic N) is 3. The molecule has 8 nitrogen and oxygen atoms in total. The predicted octanol–water partition coefficient (Wildman–Crippen LogP) is 3.50. The molecule has 0 fully saturated rings. The molecule has 0 bridgehead atoms. The average molecular weight is 546 g/mol. The van der Waals surface area contributed by atoms with Crippen LogP contribution in [0.1, 0.15) is 12.6 Å². The van der Waals surface area contributed by atoms with E-state index >= 15 is 0 Å². The average Bonchev–Trinajstić information content (AvgIpc) is 3.35. The fourth-order valence-electron chi connectivity index (χ4n) is 4.30. The number of benzene rings is 2. The zero-order valence-corrected chi connectivity index (χ0v) is 19.6. The zero-order valence-electron chi connectivity index (χ0n) is 18.7. The first kappa shape index (κ1) is 25.1. The van der Waals surface area contributed by atoms with Crippen LogP contribution in [0.3, 0.4) is 0 Å². The van der Waals surface area contributed by atoms with Gasteiger partial charge < -0.3 is 4.52 Å². The maximum Gasteiger partial charge on any atom is 0.334 e. The van der Waals surface area contributed by atoms with Gasteiger partial charge in [-0.3, -0.25) is 4.57 Å². The Balaban J connectivity index is 1.70. The van der Waals surface area contributed by atoms with Crippen LogP contribution in [-0.4, -0.2) is 40.4 Å². The van der Waals surface area contributed by atoms with E-state index < -0.39 is 86.6 Å². The molecule has 1 aliphatic heterocycles. The predicted molar refractivity (Wildman–Crippen MR) is 118 cm³/mol. The molecule has 1 unspecified atom stereocenters. The van der Waals surface area contributed by atoms with Gasteiger partial charge in [0.2, 0.25) is 10.0 Å². The Bertz CT molecular complexity index is 1700. The van der Waals surface area contributed by atoms with Crippen molar-refractivity contribution in [1.29, 1.82) is 0 Å². The van der Waals surface area contributed by atoms with E-state index in [1.165, 1.54) is 6.92 Å². The van der Waals surface area contributed by atoms with Gasteiger partial charge in [0, 0.05) is 36.1 Å². The fraction of sp³-hybridized carbons (Fsp3) is 0.273. The van der Waals surface area contributed by atoms with Crippen LogP contribution >= 0.6 is 0 Å². The first-order valence-corrected chi connectivity index (χ1v) is 12.4. The second kappa shape index (κ2) is 8.48. The molecule has 3 heterocycles. The van der Waals surface area contributed by atoms with Crippen molar-refractivity contribution in [1.82, 2.24) is 19.0 Å². The van der Waals surface area contributed by atoms with Crippen LogP contribution in [0.5, 0.6) is 0 Å². The topological polar surface area (TPSA) is 99.1 Å². The monoisotopic (exact) mass is 546 g/mol. The number of imidazole rings is 1. The van der Waals surface area contributed by atoms with Gasteiger partial charge in [-0.25, -0.2) is 48.8 Å². The number of nitrogens with one attached hydrogen (secondary N) is 1. The SMILES string of the molecule is CCS(=O)(=O)NC1Cn2c(cn(-c3noc4ccc(F)c(-c5c(F)cc(F)cc5F)c34)c2=O)CC1(F)F. The number of aromatic nitrogens is 3. The Kier molecular flexibility index (Phi) is 5.75. The third-order valence-electron chi connectivity index (χ3n) is 6.11. The summed E-state index contributed by atoms with van der Waals surface area (Å²) in [5, 5.41) is 3.32. The second-order valence-corrected chi connectivity index (χ2v) is 10.5. The summed E-state index contributed by atoms with van der Waals surface area (Å²) in [6.45, 7) is 0.530. The molecule has 0 saturated heterocycles. The van der Waals surface area contributed by atoms with E-state index in [2.05, 4.69) is 5.16 Å². The van der Waals surface area contributed by atoms with Crippen LogP contribution in [0.25, 0.3) is 27.9 Å². The fourth-order valence-corrected chi connectivity index (χ4v) is 5.15. The number of rotatable bonds is 5. The number of sulfonamides is 1. The molecule has 0 amide bonds. The molecule has 2 aromatic carbocycles. The van der Waals surface area contributed by atoms with Crippen LogP contribution in [0.15, 0.2) is 39.8 Å². The van der Waals surface area contributed by atoms with Crippen molar-refractivity contribution in [2.24, 2.45) is 0 Å². The second-order valence-electron chi connectivity index (χ2n) is 8.44. The summed E-state index contributed by atoms with van der Waals surface area (Å²) in [5.41, 5.74) is -3.04. The van der Waals surface area contributed by atoms with E-state index in [1.54, 1.807) is 0 Å². The van der Waals surface area contributed by atoms with Crippen LogP contribution in [0, 0.1) is 23.3 Å². The lowest BCUT2D eigenvalue weighted by molar-refractivity contribution is -0.0468. The quantitative estimate of drug-likeness (QED) is 0.387.